The van der Waals surface area contributed by atoms with Crippen LogP contribution in [0.25, 0.3) is 0 Å². The lowest BCUT2D eigenvalue weighted by molar-refractivity contribution is 0.174. The Morgan fingerprint density at radius 3 is 2.75 bits per heavy atom. The Balaban J connectivity index is 1.55. The monoisotopic (exact) mass is 347 g/mol. The fourth-order valence-corrected chi connectivity index (χ4v) is 3.00. The highest BCUT2D eigenvalue weighted by Gasteiger charge is 2.20. The Morgan fingerprint density at radius 2 is 1.92 bits per heavy atom. The lowest BCUT2D eigenvalue weighted by Gasteiger charge is -2.30. The molecule has 0 unspecified atom stereocenters. The summed E-state index contributed by atoms with van der Waals surface area (Å²) in [6.45, 7) is 4.38. The summed E-state index contributed by atoms with van der Waals surface area (Å²) >= 11 is 6.08. The maximum Gasteiger partial charge on any atom is 0.233 e. The van der Waals surface area contributed by atoms with Gasteiger partial charge in [0.05, 0.1) is 0 Å². The average molecular weight is 348 g/mol. The number of ether oxygens (including phenoxy) is 2. The number of piperidine rings is 1. The summed E-state index contributed by atoms with van der Waals surface area (Å²) in [4.78, 5) is 15.1. The summed E-state index contributed by atoms with van der Waals surface area (Å²) in [7, 11) is 0. The first-order valence-corrected chi connectivity index (χ1v) is 8.38. The smallest absolute Gasteiger partial charge is 0.233 e. The van der Waals surface area contributed by atoms with E-state index in [1.54, 1.807) is 0 Å². The van der Waals surface area contributed by atoms with Crippen molar-refractivity contribution in [1.29, 1.82) is 0 Å². The first-order chi connectivity index (χ1) is 11.7. The van der Waals surface area contributed by atoms with Crippen LogP contribution in [0.15, 0.2) is 18.2 Å². The zero-order valence-electron chi connectivity index (χ0n) is 13.3. The number of aromatic nitrogens is 3. The Kier molecular flexibility index (Phi) is 4.02. The molecule has 0 radical (unpaired) electrons. The maximum atomic E-state index is 6.08. The van der Waals surface area contributed by atoms with Crippen molar-refractivity contribution in [2.75, 3.05) is 30.1 Å². The van der Waals surface area contributed by atoms with Crippen molar-refractivity contribution in [3.05, 3.63) is 23.5 Å². The van der Waals surface area contributed by atoms with Crippen LogP contribution >= 0.6 is 11.6 Å². The standard InChI is InChI=1S/C16H18ClN5O2/c1-10-4-6-22(7-5-10)16-20-14(17)19-15(21-16)18-11-2-3-12-13(8-11)24-9-23-12/h2-3,8,10H,4-7,9H2,1H3,(H,18,19,20,21). The summed E-state index contributed by atoms with van der Waals surface area (Å²) < 4.78 is 10.7. The number of hydrogen-bond donors (Lipinski definition) is 1. The molecule has 1 N–H and O–H groups in total. The highest BCUT2D eigenvalue weighted by Crippen LogP contribution is 2.35. The molecular formula is C16H18ClN5O2. The quantitative estimate of drug-likeness (QED) is 0.913. The number of halogens is 1. The molecular weight excluding hydrogens is 330 g/mol. The van der Waals surface area contributed by atoms with E-state index in [1.165, 1.54) is 0 Å². The summed E-state index contributed by atoms with van der Waals surface area (Å²) in [5.74, 6) is 3.21. The van der Waals surface area contributed by atoms with Crippen LogP contribution in [0.2, 0.25) is 5.28 Å². The first kappa shape index (κ1) is 15.3. The topological polar surface area (TPSA) is 72.4 Å². The Hall–Kier alpha value is -2.28. The van der Waals surface area contributed by atoms with Crippen LogP contribution in [0.1, 0.15) is 19.8 Å². The van der Waals surface area contributed by atoms with Gasteiger partial charge in [-0.2, -0.15) is 15.0 Å². The minimum atomic E-state index is 0.182. The molecule has 2 aromatic rings. The minimum absolute atomic E-state index is 0.182. The molecule has 1 saturated heterocycles. The molecule has 8 heteroatoms. The predicted octanol–water partition coefficient (Wildman–Crippen LogP) is 3.23. The summed E-state index contributed by atoms with van der Waals surface area (Å²) in [6.07, 6.45) is 2.27. The zero-order chi connectivity index (χ0) is 16.5. The molecule has 0 bridgehead atoms. The van der Waals surface area contributed by atoms with E-state index in [0.29, 0.717) is 17.6 Å². The van der Waals surface area contributed by atoms with E-state index in [2.05, 4.69) is 32.1 Å². The number of nitrogens with one attached hydrogen (secondary N) is 1. The van der Waals surface area contributed by atoms with Gasteiger partial charge in [0.25, 0.3) is 0 Å². The molecule has 1 aromatic heterocycles. The van der Waals surface area contributed by atoms with Gasteiger partial charge in [0.1, 0.15) is 0 Å². The van der Waals surface area contributed by atoms with Gasteiger partial charge in [-0.1, -0.05) is 6.92 Å². The highest BCUT2D eigenvalue weighted by atomic mass is 35.5. The fourth-order valence-electron chi connectivity index (χ4n) is 2.85. The van der Waals surface area contributed by atoms with Gasteiger partial charge < -0.3 is 19.7 Å². The van der Waals surface area contributed by atoms with Gasteiger partial charge in [-0.15, -0.1) is 0 Å². The van der Waals surface area contributed by atoms with Gasteiger partial charge in [-0.25, -0.2) is 0 Å². The molecule has 2 aliphatic rings. The molecule has 24 heavy (non-hydrogen) atoms. The molecule has 0 amide bonds. The second-order valence-corrected chi connectivity index (χ2v) is 6.43. The van der Waals surface area contributed by atoms with Crippen molar-refractivity contribution < 1.29 is 9.47 Å². The third-order valence-electron chi connectivity index (χ3n) is 4.29. The van der Waals surface area contributed by atoms with Gasteiger partial charge >= 0.3 is 0 Å². The van der Waals surface area contributed by atoms with Crippen molar-refractivity contribution in [1.82, 2.24) is 15.0 Å². The maximum absolute atomic E-state index is 6.08. The van der Waals surface area contributed by atoms with Crippen molar-refractivity contribution in [3.63, 3.8) is 0 Å². The molecule has 0 saturated carbocycles. The van der Waals surface area contributed by atoms with E-state index in [1.807, 2.05) is 18.2 Å². The third kappa shape index (κ3) is 3.17. The number of fused-ring (bicyclic) bond motifs is 1. The molecule has 1 aromatic carbocycles. The molecule has 2 aliphatic heterocycles. The van der Waals surface area contributed by atoms with Gasteiger partial charge in [0.15, 0.2) is 11.5 Å². The van der Waals surface area contributed by atoms with Crippen LogP contribution in [0.3, 0.4) is 0 Å². The summed E-state index contributed by atoms with van der Waals surface area (Å²) in [6, 6.07) is 5.58. The molecule has 1 fully saturated rings. The largest absolute Gasteiger partial charge is 0.454 e. The Bertz CT molecular complexity index is 749. The first-order valence-electron chi connectivity index (χ1n) is 8.00. The van der Waals surface area contributed by atoms with Crippen LogP contribution in [0.4, 0.5) is 17.6 Å². The van der Waals surface area contributed by atoms with Gasteiger partial charge in [0, 0.05) is 24.8 Å². The van der Waals surface area contributed by atoms with Crippen LogP contribution < -0.4 is 19.7 Å². The lowest BCUT2D eigenvalue weighted by atomic mass is 10.00. The van der Waals surface area contributed by atoms with Gasteiger partial charge in [-0.3, -0.25) is 0 Å². The number of anilines is 3. The highest BCUT2D eigenvalue weighted by molar-refractivity contribution is 6.28. The molecule has 7 nitrogen and oxygen atoms in total. The Labute approximate surface area is 145 Å². The molecule has 0 aliphatic carbocycles. The third-order valence-corrected chi connectivity index (χ3v) is 4.46. The number of benzene rings is 1. The summed E-state index contributed by atoms with van der Waals surface area (Å²) in [5, 5.41) is 3.34. The van der Waals surface area contributed by atoms with Crippen LogP contribution in [0, 0.1) is 5.92 Å². The van der Waals surface area contributed by atoms with Crippen molar-refractivity contribution in [2.24, 2.45) is 5.92 Å². The number of hydrogen-bond acceptors (Lipinski definition) is 7. The average Bonchev–Trinajstić information content (AvgIpc) is 3.02. The normalized spacial score (nSPS) is 17.2. The van der Waals surface area contributed by atoms with Crippen molar-refractivity contribution in [3.8, 4) is 11.5 Å². The number of nitrogens with zero attached hydrogens (tertiary/aromatic N) is 4. The molecule has 126 valence electrons. The molecule has 3 heterocycles. The van der Waals surface area contributed by atoms with Crippen molar-refractivity contribution in [2.45, 2.75) is 19.8 Å². The molecule has 0 atom stereocenters. The van der Waals surface area contributed by atoms with E-state index >= 15 is 0 Å². The zero-order valence-corrected chi connectivity index (χ0v) is 14.1. The van der Waals surface area contributed by atoms with E-state index < -0.39 is 0 Å². The second-order valence-electron chi connectivity index (χ2n) is 6.09. The molecule has 4 rings (SSSR count). The molecule has 0 spiro atoms. The predicted molar refractivity (Wildman–Crippen MR) is 91.3 cm³/mol. The number of rotatable bonds is 3. The van der Waals surface area contributed by atoms with Crippen molar-refractivity contribution >= 4 is 29.2 Å². The fraction of sp³-hybridized carbons (Fsp3) is 0.438. The van der Waals surface area contributed by atoms with E-state index in [4.69, 9.17) is 21.1 Å². The lowest BCUT2D eigenvalue weighted by Crippen LogP contribution is -2.34. The van der Waals surface area contributed by atoms with Crippen LogP contribution in [-0.4, -0.2) is 34.8 Å². The SMILES string of the molecule is CC1CCN(c2nc(Cl)nc(Nc3ccc4c(c3)OCO4)n2)CC1. The van der Waals surface area contributed by atoms with E-state index in [0.717, 1.165) is 43.3 Å². The Morgan fingerprint density at radius 1 is 1.12 bits per heavy atom. The van der Waals surface area contributed by atoms with Gasteiger partial charge in [-0.05, 0) is 42.5 Å². The minimum Gasteiger partial charge on any atom is -0.454 e. The van der Waals surface area contributed by atoms with Crippen LogP contribution in [-0.2, 0) is 0 Å². The van der Waals surface area contributed by atoms with Gasteiger partial charge in [0.2, 0.25) is 24.0 Å². The second kappa shape index (κ2) is 6.32. The van der Waals surface area contributed by atoms with Crippen LogP contribution in [0.5, 0.6) is 11.5 Å². The summed E-state index contributed by atoms with van der Waals surface area (Å²) in [5.41, 5.74) is 0.805. The van der Waals surface area contributed by atoms with E-state index in [-0.39, 0.29) is 12.1 Å². The van der Waals surface area contributed by atoms with E-state index in [9.17, 15) is 0 Å².